The molecule has 0 radical (unpaired) electrons. The van der Waals surface area contributed by atoms with Crippen LogP contribution in [0, 0.1) is 16.7 Å². The topological polar surface area (TPSA) is 26.0 Å². The molecule has 1 aromatic carbocycles. The van der Waals surface area contributed by atoms with E-state index in [1.54, 1.807) is 11.1 Å². The second-order valence-corrected chi connectivity index (χ2v) is 12.0. The lowest BCUT2D eigenvalue weighted by atomic mass is 9.58. The fourth-order valence-corrected chi connectivity index (χ4v) is 6.22. The van der Waals surface area contributed by atoms with E-state index in [4.69, 9.17) is 0 Å². The van der Waals surface area contributed by atoms with Crippen LogP contribution in [0.3, 0.4) is 0 Å². The Hall–Kier alpha value is -2.12. The van der Waals surface area contributed by atoms with Crippen molar-refractivity contribution in [3.8, 4) is 0 Å². The highest BCUT2D eigenvalue weighted by Gasteiger charge is 2.42. The van der Waals surface area contributed by atoms with Gasteiger partial charge in [0.25, 0.3) is 0 Å². The van der Waals surface area contributed by atoms with Crippen molar-refractivity contribution in [3.63, 3.8) is 0 Å². The molecule has 0 bridgehead atoms. The molecule has 0 aliphatic heterocycles. The first-order valence-corrected chi connectivity index (χ1v) is 17.1. The molecule has 0 saturated heterocycles. The van der Waals surface area contributed by atoms with E-state index in [-0.39, 0.29) is 5.41 Å². The van der Waals surface area contributed by atoms with Crippen molar-refractivity contribution in [3.05, 3.63) is 83.0 Å². The van der Waals surface area contributed by atoms with Gasteiger partial charge in [-0.3, -0.25) is 0 Å². The SMILES string of the molecule is C=C(C)/C(C)=C1\CCCCC1C.C=C(CC)c1ccc(C2=CCC(C)(CC)/C(=C\CC)C2(C)C)cc1.CC.CC.CN. The van der Waals surface area contributed by atoms with Crippen LogP contribution in [0.15, 0.2) is 71.9 Å². The molecule has 2 aliphatic rings. The van der Waals surface area contributed by atoms with E-state index in [1.807, 2.05) is 27.7 Å². The van der Waals surface area contributed by atoms with Crippen LogP contribution in [0.4, 0.5) is 0 Å². The summed E-state index contributed by atoms with van der Waals surface area (Å²) in [7, 11) is 1.50. The molecule has 1 aromatic rings. The zero-order valence-corrected chi connectivity index (χ0v) is 30.7. The summed E-state index contributed by atoms with van der Waals surface area (Å²) < 4.78 is 0. The van der Waals surface area contributed by atoms with Crippen molar-refractivity contribution < 1.29 is 0 Å². The van der Waals surface area contributed by atoms with Gasteiger partial charge in [-0.25, -0.2) is 0 Å². The third kappa shape index (κ3) is 11.5. The minimum atomic E-state index is 0.0856. The van der Waals surface area contributed by atoms with Gasteiger partial charge in [-0.05, 0) is 105 Å². The van der Waals surface area contributed by atoms with Crippen LogP contribution < -0.4 is 5.73 Å². The number of rotatable bonds is 6. The molecular formula is C41H71N. The highest BCUT2D eigenvalue weighted by molar-refractivity contribution is 5.76. The maximum atomic E-state index is 4.50. The molecule has 1 fully saturated rings. The number of allylic oxidation sites excluding steroid dienone is 8. The molecule has 1 saturated carbocycles. The molecular weight excluding hydrogens is 506 g/mol. The summed E-state index contributed by atoms with van der Waals surface area (Å²) in [4.78, 5) is 0. The van der Waals surface area contributed by atoms with Crippen LogP contribution in [-0.4, -0.2) is 7.05 Å². The highest BCUT2D eigenvalue weighted by Crippen LogP contribution is 2.55. The highest BCUT2D eigenvalue weighted by atomic mass is 14.5. The molecule has 42 heavy (non-hydrogen) atoms. The van der Waals surface area contributed by atoms with E-state index >= 15 is 0 Å². The zero-order valence-electron chi connectivity index (χ0n) is 30.7. The molecule has 3 rings (SSSR count). The van der Waals surface area contributed by atoms with Gasteiger partial charge in [0.1, 0.15) is 0 Å². The standard InChI is InChI=1S/C24H34.C12H20.2C2H6.CH5N/c1-8-11-22-23(5,6)21(16-17-24(22,7)10-3)20-14-12-19(13-15-20)18(4)9-2;1-9(2)11(4)12-8-6-5-7-10(12)3;3*1-2/h11-16H,4,8-10,17H2,1-3,5-7H3;10H,1,5-8H2,2-4H3;2*1-2H3;2H2,1H3/b22-11-;12-11+;;;. The van der Waals surface area contributed by atoms with Crippen LogP contribution in [0.1, 0.15) is 153 Å². The summed E-state index contributed by atoms with van der Waals surface area (Å²) in [5.41, 5.74) is 16.2. The summed E-state index contributed by atoms with van der Waals surface area (Å²) in [6.45, 7) is 36.8. The van der Waals surface area contributed by atoms with Gasteiger partial charge in [0.2, 0.25) is 0 Å². The van der Waals surface area contributed by atoms with Gasteiger partial charge >= 0.3 is 0 Å². The van der Waals surface area contributed by atoms with Crippen LogP contribution in [0.25, 0.3) is 11.1 Å². The number of hydrogen-bond donors (Lipinski definition) is 1. The summed E-state index contributed by atoms with van der Waals surface area (Å²) in [5, 5.41) is 0. The lowest BCUT2D eigenvalue weighted by Gasteiger charge is -2.46. The Morgan fingerprint density at radius 2 is 1.48 bits per heavy atom. The molecule has 240 valence electrons. The first kappa shape index (κ1) is 42.0. The van der Waals surface area contributed by atoms with E-state index in [0.717, 1.165) is 25.2 Å². The Bertz CT molecular complexity index is 1010. The predicted octanol–water partition coefficient (Wildman–Crippen LogP) is 13.4. The van der Waals surface area contributed by atoms with E-state index < -0.39 is 0 Å². The Labute approximate surface area is 264 Å². The molecule has 1 nitrogen and oxygen atoms in total. The van der Waals surface area contributed by atoms with E-state index in [1.165, 1.54) is 72.6 Å². The van der Waals surface area contributed by atoms with E-state index in [9.17, 15) is 0 Å². The van der Waals surface area contributed by atoms with Gasteiger partial charge in [-0.2, -0.15) is 0 Å². The van der Waals surface area contributed by atoms with Crippen LogP contribution in [-0.2, 0) is 0 Å². The molecule has 2 atom stereocenters. The predicted molar refractivity (Wildman–Crippen MR) is 197 cm³/mol. The minimum absolute atomic E-state index is 0.0856. The number of nitrogens with two attached hydrogens (primary N) is 1. The molecule has 2 N–H and O–H groups in total. The monoisotopic (exact) mass is 578 g/mol. The number of hydrogen-bond acceptors (Lipinski definition) is 1. The van der Waals surface area contributed by atoms with Gasteiger partial charge < -0.3 is 5.73 Å². The van der Waals surface area contributed by atoms with Crippen molar-refractivity contribution >= 4 is 11.1 Å². The lowest BCUT2D eigenvalue weighted by molar-refractivity contribution is 0.310. The maximum Gasteiger partial charge on any atom is 0.0113 e. The summed E-state index contributed by atoms with van der Waals surface area (Å²) >= 11 is 0. The van der Waals surface area contributed by atoms with Crippen molar-refractivity contribution in [1.29, 1.82) is 0 Å². The average Bonchev–Trinajstić information content (AvgIpc) is 3.02. The average molecular weight is 578 g/mol. The molecule has 0 spiro atoms. The smallest absolute Gasteiger partial charge is 0.0113 e. The second kappa shape index (κ2) is 21.6. The lowest BCUT2D eigenvalue weighted by Crippen LogP contribution is -2.33. The zero-order chi connectivity index (χ0) is 33.1. The molecule has 1 heteroatoms. The second-order valence-electron chi connectivity index (χ2n) is 12.0. The minimum Gasteiger partial charge on any atom is -0.333 e. The van der Waals surface area contributed by atoms with Gasteiger partial charge in [-0.1, -0.05) is 149 Å². The fourth-order valence-electron chi connectivity index (χ4n) is 6.22. The van der Waals surface area contributed by atoms with Crippen LogP contribution >= 0.6 is 0 Å². The molecule has 2 aliphatic carbocycles. The van der Waals surface area contributed by atoms with Gasteiger partial charge in [0.05, 0.1) is 0 Å². The van der Waals surface area contributed by atoms with Gasteiger partial charge in [0, 0.05) is 5.41 Å². The summed E-state index contributed by atoms with van der Waals surface area (Å²) in [5.74, 6) is 0.801. The normalized spacial score (nSPS) is 22.7. The molecule has 0 amide bonds. The van der Waals surface area contributed by atoms with Gasteiger partial charge in [-0.15, -0.1) is 0 Å². The fraction of sp³-hybridized carbons (Fsp3) is 0.610. The Balaban J connectivity index is 0. The van der Waals surface area contributed by atoms with E-state index in [2.05, 4.69) is 118 Å². The quantitative estimate of drug-likeness (QED) is 0.334. The third-order valence-electron chi connectivity index (χ3n) is 9.02. The van der Waals surface area contributed by atoms with Crippen molar-refractivity contribution in [2.75, 3.05) is 7.05 Å². The van der Waals surface area contributed by atoms with Crippen molar-refractivity contribution in [2.24, 2.45) is 22.5 Å². The molecule has 0 aromatic heterocycles. The van der Waals surface area contributed by atoms with Crippen molar-refractivity contribution in [2.45, 2.75) is 141 Å². The van der Waals surface area contributed by atoms with E-state index in [0.29, 0.717) is 5.41 Å². The Morgan fingerprint density at radius 3 is 1.90 bits per heavy atom. The molecule has 0 heterocycles. The first-order chi connectivity index (χ1) is 19.9. The maximum absolute atomic E-state index is 4.50. The van der Waals surface area contributed by atoms with Crippen LogP contribution in [0.2, 0.25) is 0 Å². The molecule has 2 unspecified atom stereocenters. The van der Waals surface area contributed by atoms with Gasteiger partial charge in [0.15, 0.2) is 0 Å². The summed E-state index contributed by atoms with van der Waals surface area (Å²) in [6, 6.07) is 9.02. The summed E-state index contributed by atoms with van der Waals surface area (Å²) in [6.07, 6.45) is 14.9. The van der Waals surface area contributed by atoms with Crippen molar-refractivity contribution in [1.82, 2.24) is 0 Å². The largest absolute Gasteiger partial charge is 0.333 e. The van der Waals surface area contributed by atoms with Crippen LogP contribution in [0.5, 0.6) is 0 Å². The first-order valence-electron chi connectivity index (χ1n) is 17.1. The number of benzene rings is 1. The Morgan fingerprint density at radius 1 is 0.929 bits per heavy atom. The third-order valence-corrected chi connectivity index (χ3v) is 9.02. The Kier molecular flexibility index (Phi) is 21.6.